The van der Waals surface area contributed by atoms with Crippen LogP contribution in [0.4, 0.5) is 0 Å². The van der Waals surface area contributed by atoms with Crippen molar-refractivity contribution in [2.24, 2.45) is 21.1 Å². The summed E-state index contributed by atoms with van der Waals surface area (Å²) < 4.78 is 15.8. The Morgan fingerprint density at radius 2 is 2.31 bits per heavy atom. The van der Waals surface area contributed by atoms with Crippen LogP contribution in [0.3, 0.4) is 0 Å². The number of rotatable bonds is 0. The molecule has 0 aromatic heterocycles. The Balaban J connectivity index is 2.18. The summed E-state index contributed by atoms with van der Waals surface area (Å²) in [5.74, 6) is 1.62. The molecule has 13 heavy (non-hydrogen) atoms. The molecule has 1 spiro atoms. The van der Waals surface area contributed by atoms with E-state index in [2.05, 4.69) is 18.2 Å². The number of nitrogens with zero attached hydrogens (tertiary/aromatic N) is 1. The summed E-state index contributed by atoms with van der Waals surface area (Å²) in [5, 5.41) is 0. The van der Waals surface area contributed by atoms with E-state index in [9.17, 15) is 4.21 Å². The first-order valence-electron chi connectivity index (χ1n) is 5.03. The fourth-order valence-electron chi connectivity index (χ4n) is 3.63. The van der Waals surface area contributed by atoms with Crippen LogP contribution < -0.4 is 0 Å². The Kier molecular flexibility index (Phi) is 1.30. The minimum atomic E-state index is -0.903. The van der Waals surface area contributed by atoms with Gasteiger partial charge >= 0.3 is 0 Å². The van der Waals surface area contributed by atoms with Crippen LogP contribution in [0.2, 0.25) is 0 Å². The summed E-state index contributed by atoms with van der Waals surface area (Å²) in [5.41, 5.74) is 1.88. The lowest BCUT2D eigenvalue weighted by molar-refractivity contribution is 0.199. The number of hydrogen-bond donors (Lipinski definition) is 0. The fraction of sp³-hybridized carbons (Fsp3) is 0.900. The second-order valence-electron chi connectivity index (χ2n) is 5.25. The molecule has 0 saturated heterocycles. The first-order valence-corrected chi connectivity index (χ1v) is 6.30. The third kappa shape index (κ3) is 0.719. The smallest absolute Gasteiger partial charge is 0.140 e. The lowest BCUT2D eigenvalue weighted by Crippen LogP contribution is -2.36. The minimum absolute atomic E-state index is 0.239. The average Bonchev–Trinajstić information content (AvgIpc) is 2.55. The SMILES string of the molecule is CC1(C)[C@@H]2CC[C@]13CS(=O)N=C3C2. The molecule has 1 heterocycles. The summed E-state index contributed by atoms with van der Waals surface area (Å²) in [4.78, 5) is 0. The fourth-order valence-corrected chi connectivity index (χ4v) is 5.29. The summed E-state index contributed by atoms with van der Waals surface area (Å²) >= 11 is 0. The molecule has 3 heteroatoms. The molecule has 1 aliphatic heterocycles. The summed E-state index contributed by atoms with van der Waals surface area (Å²) in [7, 11) is -0.903. The maximum Gasteiger partial charge on any atom is 0.140 e. The highest BCUT2D eigenvalue weighted by Crippen LogP contribution is 2.66. The monoisotopic (exact) mass is 197 g/mol. The van der Waals surface area contributed by atoms with Crippen LogP contribution in [0.5, 0.6) is 0 Å². The van der Waals surface area contributed by atoms with E-state index in [0.717, 1.165) is 18.1 Å². The van der Waals surface area contributed by atoms with E-state index >= 15 is 0 Å². The maximum atomic E-state index is 11.5. The van der Waals surface area contributed by atoms with Gasteiger partial charge in [-0.25, -0.2) is 4.21 Å². The van der Waals surface area contributed by atoms with Crippen LogP contribution in [-0.2, 0) is 11.0 Å². The van der Waals surface area contributed by atoms with Gasteiger partial charge in [0.2, 0.25) is 0 Å². The molecule has 2 nitrogen and oxygen atoms in total. The predicted molar refractivity (Wildman–Crippen MR) is 54.0 cm³/mol. The average molecular weight is 197 g/mol. The highest BCUT2D eigenvalue weighted by atomic mass is 32.2. The molecule has 2 fully saturated rings. The zero-order chi connectivity index (χ0) is 9.27. The van der Waals surface area contributed by atoms with Crippen LogP contribution in [0, 0.1) is 16.7 Å². The van der Waals surface area contributed by atoms with Gasteiger partial charge in [-0.05, 0) is 30.6 Å². The van der Waals surface area contributed by atoms with Gasteiger partial charge in [0.25, 0.3) is 0 Å². The van der Waals surface area contributed by atoms with Crippen LogP contribution in [-0.4, -0.2) is 15.7 Å². The molecular formula is C10H15NOS. The van der Waals surface area contributed by atoms with Gasteiger partial charge in [0, 0.05) is 11.1 Å². The van der Waals surface area contributed by atoms with Crippen molar-refractivity contribution in [1.82, 2.24) is 0 Å². The van der Waals surface area contributed by atoms with Gasteiger partial charge in [0.15, 0.2) is 0 Å². The first kappa shape index (κ1) is 8.16. The van der Waals surface area contributed by atoms with Gasteiger partial charge in [-0.15, -0.1) is 0 Å². The summed E-state index contributed by atoms with van der Waals surface area (Å²) in [6.07, 6.45) is 3.68. The molecule has 3 aliphatic rings. The van der Waals surface area contributed by atoms with Crippen molar-refractivity contribution in [3.63, 3.8) is 0 Å². The molecule has 1 unspecified atom stereocenters. The second-order valence-corrected chi connectivity index (χ2v) is 6.36. The minimum Gasteiger partial charge on any atom is -0.235 e. The van der Waals surface area contributed by atoms with Crippen LogP contribution >= 0.6 is 0 Å². The van der Waals surface area contributed by atoms with E-state index < -0.39 is 11.0 Å². The van der Waals surface area contributed by atoms with Crippen molar-refractivity contribution in [3.8, 4) is 0 Å². The van der Waals surface area contributed by atoms with Crippen LogP contribution in [0.25, 0.3) is 0 Å². The lowest BCUT2D eigenvalue weighted by atomic mass is 9.70. The molecule has 3 rings (SSSR count). The van der Waals surface area contributed by atoms with Crippen LogP contribution in [0.15, 0.2) is 4.40 Å². The van der Waals surface area contributed by atoms with Crippen molar-refractivity contribution in [2.45, 2.75) is 33.1 Å². The summed E-state index contributed by atoms with van der Waals surface area (Å²) in [6.45, 7) is 4.69. The van der Waals surface area contributed by atoms with Crippen molar-refractivity contribution in [3.05, 3.63) is 0 Å². The maximum absolute atomic E-state index is 11.5. The third-order valence-corrected chi connectivity index (χ3v) is 5.91. The van der Waals surface area contributed by atoms with Crippen molar-refractivity contribution < 1.29 is 4.21 Å². The van der Waals surface area contributed by atoms with Gasteiger partial charge in [-0.2, -0.15) is 4.40 Å². The van der Waals surface area contributed by atoms with Gasteiger partial charge in [0.1, 0.15) is 11.0 Å². The highest BCUT2D eigenvalue weighted by Gasteiger charge is 2.65. The van der Waals surface area contributed by atoms with Gasteiger partial charge < -0.3 is 0 Å². The quantitative estimate of drug-likeness (QED) is 0.583. The van der Waals surface area contributed by atoms with Crippen molar-refractivity contribution >= 4 is 16.7 Å². The van der Waals surface area contributed by atoms with E-state index in [-0.39, 0.29) is 5.41 Å². The Labute approximate surface area is 81.4 Å². The molecule has 2 saturated carbocycles. The molecule has 2 aliphatic carbocycles. The van der Waals surface area contributed by atoms with Crippen molar-refractivity contribution in [2.75, 3.05) is 5.75 Å². The summed E-state index contributed by atoms with van der Waals surface area (Å²) in [6, 6.07) is 0. The van der Waals surface area contributed by atoms with E-state index in [1.807, 2.05) is 0 Å². The van der Waals surface area contributed by atoms with E-state index in [1.165, 1.54) is 18.6 Å². The van der Waals surface area contributed by atoms with Gasteiger partial charge in [-0.1, -0.05) is 13.8 Å². The molecule has 2 bridgehead atoms. The normalized spacial score (nSPS) is 50.8. The molecule has 0 N–H and O–H groups in total. The number of hydrogen-bond acceptors (Lipinski definition) is 1. The molecule has 0 radical (unpaired) electrons. The third-order valence-electron chi connectivity index (χ3n) is 4.75. The molecule has 0 aromatic carbocycles. The van der Waals surface area contributed by atoms with Crippen molar-refractivity contribution in [1.29, 1.82) is 0 Å². The van der Waals surface area contributed by atoms with E-state index in [0.29, 0.717) is 5.41 Å². The largest absolute Gasteiger partial charge is 0.235 e. The highest BCUT2D eigenvalue weighted by molar-refractivity contribution is 7.84. The van der Waals surface area contributed by atoms with E-state index in [4.69, 9.17) is 0 Å². The topological polar surface area (TPSA) is 29.4 Å². The lowest BCUT2D eigenvalue weighted by Gasteiger charge is -2.34. The molecule has 0 amide bonds. The number of fused-ring (bicyclic) bond motifs is 1. The Bertz CT molecular complexity index is 334. The molecule has 0 aromatic rings. The van der Waals surface area contributed by atoms with Crippen LogP contribution in [0.1, 0.15) is 33.1 Å². The molecule has 3 atom stereocenters. The zero-order valence-electron chi connectivity index (χ0n) is 8.17. The van der Waals surface area contributed by atoms with Gasteiger partial charge in [0.05, 0.1) is 5.75 Å². The molecule has 72 valence electrons. The molecular weight excluding hydrogens is 182 g/mol. The predicted octanol–water partition coefficient (Wildman–Crippen LogP) is 1.93. The Hall–Kier alpha value is -0.180. The Morgan fingerprint density at radius 3 is 2.92 bits per heavy atom. The second kappa shape index (κ2) is 2.08. The zero-order valence-corrected chi connectivity index (χ0v) is 8.99. The first-order chi connectivity index (χ1) is 6.06. The van der Waals surface area contributed by atoms with E-state index in [1.54, 1.807) is 0 Å². The Morgan fingerprint density at radius 1 is 1.54 bits per heavy atom. The standard InChI is InChI=1S/C10H15NOS/c1-9(2)7-3-4-10(9)6-13(12)11-8(10)5-7/h7H,3-6H2,1-2H3/t7-,10-,13?/m1/s1. The van der Waals surface area contributed by atoms with Gasteiger partial charge in [-0.3, -0.25) is 0 Å².